The van der Waals surface area contributed by atoms with E-state index in [1.165, 1.54) is 11.3 Å². The summed E-state index contributed by atoms with van der Waals surface area (Å²) < 4.78 is 5.26. The minimum absolute atomic E-state index is 0.0187. The molecular formula is C21H30N4O4S. The highest BCUT2D eigenvalue weighted by Crippen LogP contribution is 2.27. The molecule has 1 aromatic rings. The number of likely N-dealkylation sites (tertiary alicyclic amines) is 1. The molecular weight excluding hydrogens is 404 g/mol. The number of thiophene rings is 1. The first-order valence-corrected chi connectivity index (χ1v) is 11.6. The molecule has 4 heterocycles. The largest absolute Gasteiger partial charge is 0.383 e. The summed E-state index contributed by atoms with van der Waals surface area (Å²) in [5, 5.41) is 7.94. The van der Waals surface area contributed by atoms with Crippen molar-refractivity contribution in [2.24, 2.45) is 0 Å². The molecule has 0 aromatic carbocycles. The smallest absolute Gasteiger partial charge is 0.261 e. The van der Waals surface area contributed by atoms with Crippen LogP contribution in [0.3, 0.4) is 0 Å². The Labute approximate surface area is 180 Å². The fourth-order valence-corrected chi connectivity index (χ4v) is 5.60. The van der Waals surface area contributed by atoms with E-state index in [4.69, 9.17) is 4.74 Å². The van der Waals surface area contributed by atoms with E-state index in [-0.39, 0.29) is 41.9 Å². The molecule has 3 amide bonds. The average Bonchev–Trinajstić information content (AvgIpc) is 3.48. The summed E-state index contributed by atoms with van der Waals surface area (Å²) in [4.78, 5) is 42.4. The third kappa shape index (κ3) is 4.53. The van der Waals surface area contributed by atoms with E-state index in [1.54, 1.807) is 13.2 Å². The highest BCUT2D eigenvalue weighted by Gasteiger charge is 2.44. The maximum Gasteiger partial charge on any atom is 0.261 e. The van der Waals surface area contributed by atoms with Crippen molar-refractivity contribution in [2.75, 3.05) is 33.4 Å². The fraction of sp³-hybridized carbons (Fsp3) is 0.667. The second-order valence-corrected chi connectivity index (χ2v) is 9.32. The number of nitrogens with zero attached hydrogens (tertiary/aromatic N) is 2. The number of amides is 3. The third-order valence-corrected chi connectivity index (χ3v) is 7.32. The monoisotopic (exact) mass is 434 g/mol. The van der Waals surface area contributed by atoms with Gasteiger partial charge >= 0.3 is 0 Å². The molecule has 30 heavy (non-hydrogen) atoms. The van der Waals surface area contributed by atoms with Gasteiger partial charge in [0.25, 0.3) is 5.91 Å². The van der Waals surface area contributed by atoms with E-state index in [0.717, 1.165) is 19.4 Å². The lowest BCUT2D eigenvalue weighted by atomic mass is 10.0. The molecule has 4 rings (SSSR count). The van der Waals surface area contributed by atoms with Gasteiger partial charge in [0.15, 0.2) is 0 Å². The van der Waals surface area contributed by atoms with Crippen LogP contribution in [0.25, 0.3) is 0 Å². The van der Waals surface area contributed by atoms with Gasteiger partial charge in [-0.15, -0.1) is 11.3 Å². The number of methoxy groups -OCH3 is 1. The lowest BCUT2D eigenvalue weighted by molar-refractivity contribution is -0.133. The van der Waals surface area contributed by atoms with Crippen molar-refractivity contribution in [1.82, 2.24) is 20.4 Å². The van der Waals surface area contributed by atoms with Gasteiger partial charge < -0.3 is 20.3 Å². The molecule has 3 aliphatic heterocycles. The van der Waals surface area contributed by atoms with Gasteiger partial charge in [-0.05, 0) is 37.1 Å². The number of hydrogen-bond donors (Lipinski definition) is 2. The highest BCUT2D eigenvalue weighted by atomic mass is 32.1. The molecule has 2 N–H and O–H groups in total. The van der Waals surface area contributed by atoms with Gasteiger partial charge in [0.1, 0.15) is 0 Å². The van der Waals surface area contributed by atoms with Crippen LogP contribution in [-0.2, 0) is 14.3 Å². The average molecular weight is 435 g/mol. The van der Waals surface area contributed by atoms with Gasteiger partial charge in [-0.3, -0.25) is 19.3 Å². The summed E-state index contributed by atoms with van der Waals surface area (Å²) in [5.41, 5.74) is 0. The van der Waals surface area contributed by atoms with Gasteiger partial charge in [0.05, 0.1) is 23.6 Å². The van der Waals surface area contributed by atoms with E-state index in [2.05, 4.69) is 15.5 Å². The number of nitrogens with one attached hydrogen (secondary N) is 2. The van der Waals surface area contributed by atoms with Crippen LogP contribution in [0, 0.1) is 0 Å². The normalized spacial score (nSPS) is 29.0. The van der Waals surface area contributed by atoms with Crippen LogP contribution in [0.4, 0.5) is 0 Å². The molecule has 3 fully saturated rings. The molecule has 0 aliphatic carbocycles. The first-order chi connectivity index (χ1) is 14.6. The minimum Gasteiger partial charge on any atom is -0.383 e. The Kier molecular flexibility index (Phi) is 6.70. The lowest BCUT2D eigenvalue weighted by Gasteiger charge is -2.37. The molecule has 0 saturated carbocycles. The first kappa shape index (κ1) is 21.3. The van der Waals surface area contributed by atoms with Crippen molar-refractivity contribution in [2.45, 2.75) is 56.3 Å². The fourth-order valence-electron chi connectivity index (χ4n) is 4.98. The Bertz CT molecular complexity index is 771. The van der Waals surface area contributed by atoms with Crippen LogP contribution >= 0.6 is 11.3 Å². The molecule has 8 nitrogen and oxygen atoms in total. The van der Waals surface area contributed by atoms with Crippen LogP contribution in [0.5, 0.6) is 0 Å². The summed E-state index contributed by atoms with van der Waals surface area (Å²) in [7, 11) is 1.67. The molecule has 0 bridgehead atoms. The zero-order valence-electron chi connectivity index (χ0n) is 17.3. The molecule has 0 spiro atoms. The SMILES string of the molecule is COC[C@H]1CCCN1C(=O)CC[C@@H]1CNC(=O)[C@@H]2C[C@H](NC(=O)c3cccs3)CN12. The zero-order valence-corrected chi connectivity index (χ0v) is 18.2. The van der Waals surface area contributed by atoms with Crippen molar-refractivity contribution in [3.63, 3.8) is 0 Å². The number of carbonyl (C=O) groups is 3. The predicted octanol–water partition coefficient (Wildman–Crippen LogP) is 0.837. The molecule has 3 aliphatic rings. The molecule has 9 heteroatoms. The van der Waals surface area contributed by atoms with E-state index >= 15 is 0 Å². The Morgan fingerprint density at radius 3 is 3.00 bits per heavy atom. The summed E-state index contributed by atoms with van der Waals surface area (Å²) in [6.07, 6.45) is 3.81. The summed E-state index contributed by atoms with van der Waals surface area (Å²) >= 11 is 1.41. The topological polar surface area (TPSA) is 91.0 Å². The Morgan fingerprint density at radius 1 is 1.37 bits per heavy atom. The Hall–Kier alpha value is -1.97. The van der Waals surface area contributed by atoms with E-state index in [0.29, 0.717) is 43.8 Å². The van der Waals surface area contributed by atoms with Crippen LogP contribution < -0.4 is 10.6 Å². The molecule has 0 radical (unpaired) electrons. The van der Waals surface area contributed by atoms with Crippen molar-refractivity contribution in [1.29, 1.82) is 0 Å². The maximum atomic E-state index is 12.8. The number of rotatable bonds is 7. The number of piperazine rings is 1. The zero-order chi connectivity index (χ0) is 21.1. The van der Waals surface area contributed by atoms with Crippen molar-refractivity contribution >= 4 is 29.1 Å². The highest BCUT2D eigenvalue weighted by molar-refractivity contribution is 7.12. The third-order valence-electron chi connectivity index (χ3n) is 6.45. The molecule has 3 saturated heterocycles. The molecule has 1 aromatic heterocycles. The van der Waals surface area contributed by atoms with Crippen LogP contribution in [0.2, 0.25) is 0 Å². The molecule has 4 atom stereocenters. The second-order valence-electron chi connectivity index (χ2n) is 8.37. The van der Waals surface area contributed by atoms with E-state index in [1.807, 2.05) is 16.3 Å². The summed E-state index contributed by atoms with van der Waals surface area (Å²) in [6, 6.07) is 3.67. The van der Waals surface area contributed by atoms with Crippen molar-refractivity contribution in [3.8, 4) is 0 Å². The van der Waals surface area contributed by atoms with Crippen molar-refractivity contribution < 1.29 is 19.1 Å². The van der Waals surface area contributed by atoms with Gasteiger partial charge in [0.2, 0.25) is 11.8 Å². The van der Waals surface area contributed by atoms with Gasteiger partial charge in [-0.2, -0.15) is 0 Å². The van der Waals surface area contributed by atoms with Crippen molar-refractivity contribution in [3.05, 3.63) is 22.4 Å². The quantitative estimate of drug-likeness (QED) is 0.664. The summed E-state index contributed by atoms with van der Waals surface area (Å²) in [5.74, 6) is 0.107. The number of fused-ring (bicyclic) bond motifs is 1. The minimum atomic E-state index is -0.236. The van der Waals surface area contributed by atoms with Crippen LogP contribution in [0.1, 0.15) is 41.8 Å². The van der Waals surface area contributed by atoms with Crippen LogP contribution in [0.15, 0.2) is 17.5 Å². The lowest BCUT2D eigenvalue weighted by Crippen LogP contribution is -2.58. The van der Waals surface area contributed by atoms with Crippen LogP contribution in [-0.4, -0.2) is 85.0 Å². The Balaban J connectivity index is 1.33. The van der Waals surface area contributed by atoms with Gasteiger partial charge in [-0.25, -0.2) is 0 Å². The maximum absolute atomic E-state index is 12.8. The number of ether oxygens (including phenoxy) is 1. The van der Waals surface area contributed by atoms with Gasteiger partial charge in [-0.1, -0.05) is 6.07 Å². The summed E-state index contributed by atoms with van der Waals surface area (Å²) in [6.45, 7) is 2.59. The first-order valence-electron chi connectivity index (χ1n) is 10.7. The van der Waals surface area contributed by atoms with E-state index < -0.39 is 0 Å². The standard InChI is InChI=1S/C21H30N4O4S/c1-29-13-16-4-2-8-24(16)19(26)7-6-15-11-22-20(27)17-10-14(12-25(15)17)23-21(28)18-5-3-9-30-18/h3,5,9,14-17H,2,4,6-8,10-13H2,1H3,(H,22,27)(H,23,28)/t14-,15+,16+,17-/m0/s1. The number of hydrogen-bond acceptors (Lipinski definition) is 6. The second kappa shape index (κ2) is 9.45. The van der Waals surface area contributed by atoms with Gasteiger partial charge in [0, 0.05) is 45.2 Å². The molecule has 0 unspecified atom stereocenters. The predicted molar refractivity (Wildman–Crippen MR) is 113 cm³/mol. The Morgan fingerprint density at radius 2 is 2.23 bits per heavy atom. The number of carbonyl (C=O) groups excluding carboxylic acids is 3. The van der Waals surface area contributed by atoms with E-state index in [9.17, 15) is 14.4 Å². The molecule has 164 valence electrons.